The minimum Gasteiger partial charge on any atom is -0.382 e. The van der Waals surface area contributed by atoms with E-state index < -0.39 is 0 Å². The summed E-state index contributed by atoms with van der Waals surface area (Å²) in [6, 6.07) is 3.94. The lowest BCUT2D eigenvalue weighted by molar-refractivity contribution is 0.618. The van der Waals surface area contributed by atoms with Crippen LogP contribution in [0.1, 0.15) is 6.42 Å². The van der Waals surface area contributed by atoms with Crippen LogP contribution in [-0.4, -0.2) is 18.1 Å². The maximum atomic E-state index is 5.68. The molecule has 1 aliphatic rings. The fourth-order valence-electron chi connectivity index (χ4n) is 1.23. The van der Waals surface area contributed by atoms with Crippen LogP contribution in [0.5, 0.6) is 0 Å². The molecule has 1 aliphatic heterocycles. The van der Waals surface area contributed by atoms with Crippen molar-refractivity contribution < 1.29 is 0 Å². The average Bonchev–Trinajstić information content (AvgIpc) is 1.90. The Labute approximate surface area is 65.8 Å². The van der Waals surface area contributed by atoms with Crippen molar-refractivity contribution in [3.8, 4) is 0 Å². The smallest absolute Gasteiger partial charge is 0.146 e. The summed E-state index contributed by atoms with van der Waals surface area (Å²) < 4.78 is 0. The van der Waals surface area contributed by atoms with Gasteiger partial charge in [-0.05, 0) is 18.6 Å². The second-order valence-corrected chi connectivity index (χ2v) is 2.75. The molecule has 1 aromatic rings. The van der Waals surface area contributed by atoms with Gasteiger partial charge in [-0.3, -0.25) is 0 Å². The fourth-order valence-corrected chi connectivity index (χ4v) is 1.23. The van der Waals surface area contributed by atoms with Crippen LogP contribution < -0.4 is 10.6 Å². The monoisotopic (exact) mass is 149 g/mol. The van der Waals surface area contributed by atoms with Crippen molar-refractivity contribution in [3.05, 3.63) is 18.3 Å². The van der Waals surface area contributed by atoms with Gasteiger partial charge in [0.1, 0.15) is 5.82 Å². The molecule has 0 aromatic carbocycles. The molecule has 0 amide bonds. The van der Waals surface area contributed by atoms with E-state index in [-0.39, 0.29) is 0 Å². The van der Waals surface area contributed by atoms with Crippen molar-refractivity contribution in [3.63, 3.8) is 0 Å². The van der Waals surface area contributed by atoms with E-state index in [4.69, 9.17) is 5.73 Å². The quantitative estimate of drug-likeness (QED) is 0.644. The van der Waals surface area contributed by atoms with Crippen LogP contribution in [0.4, 0.5) is 11.5 Å². The van der Waals surface area contributed by atoms with E-state index in [1.54, 1.807) is 6.20 Å². The van der Waals surface area contributed by atoms with Gasteiger partial charge in [-0.2, -0.15) is 0 Å². The number of nitrogen functional groups attached to an aromatic ring is 1. The predicted octanol–water partition coefficient (Wildman–Crippen LogP) is 0.874. The minimum absolute atomic E-state index is 0.646. The third-order valence-corrected chi connectivity index (χ3v) is 2.01. The number of aromatic nitrogens is 1. The SMILES string of the molecule is Nc1ncccc1N1CCC1. The largest absolute Gasteiger partial charge is 0.382 e. The van der Waals surface area contributed by atoms with Crippen molar-refractivity contribution in [2.45, 2.75) is 6.42 Å². The number of hydrogen-bond donors (Lipinski definition) is 1. The van der Waals surface area contributed by atoms with Crippen LogP contribution in [0, 0.1) is 0 Å². The van der Waals surface area contributed by atoms with Crippen LogP contribution in [0.3, 0.4) is 0 Å². The predicted molar refractivity (Wildman–Crippen MR) is 45.5 cm³/mol. The zero-order valence-electron chi connectivity index (χ0n) is 6.33. The molecule has 58 valence electrons. The van der Waals surface area contributed by atoms with E-state index in [0.29, 0.717) is 5.82 Å². The van der Waals surface area contributed by atoms with Gasteiger partial charge in [-0.25, -0.2) is 4.98 Å². The third kappa shape index (κ3) is 1.02. The molecule has 0 unspecified atom stereocenters. The van der Waals surface area contributed by atoms with Crippen molar-refractivity contribution in [1.29, 1.82) is 0 Å². The van der Waals surface area contributed by atoms with Gasteiger partial charge in [0.25, 0.3) is 0 Å². The molecule has 3 heteroatoms. The molecular formula is C8H11N3. The summed E-state index contributed by atoms with van der Waals surface area (Å²) >= 11 is 0. The van der Waals surface area contributed by atoms with E-state index in [2.05, 4.69) is 9.88 Å². The number of nitrogens with zero attached hydrogens (tertiary/aromatic N) is 2. The minimum atomic E-state index is 0.646. The van der Waals surface area contributed by atoms with Gasteiger partial charge in [-0.1, -0.05) is 0 Å². The molecule has 0 aliphatic carbocycles. The summed E-state index contributed by atoms with van der Waals surface area (Å²) in [6.45, 7) is 2.24. The van der Waals surface area contributed by atoms with Crippen LogP contribution in [-0.2, 0) is 0 Å². The molecule has 3 nitrogen and oxygen atoms in total. The van der Waals surface area contributed by atoms with Gasteiger partial charge in [0.2, 0.25) is 0 Å². The molecule has 0 spiro atoms. The second-order valence-electron chi connectivity index (χ2n) is 2.75. The molecule has 0 bridgehead atoms. The molecule has 0 radical (unpaired) electrons. The van der Waals surface area contributed by atoms with E-state index in [0.717, 1.165) is 18.8 Å². The summed E-state index contributed by atoms with van der Waals surface area (Å²) in [5, 5.41) is 0. The third-order valence-electron chi connectivity index (χ3n) is 2.01. The van der Waals surface area contributed by atoms with Gasteiger partial charge in [0.05, 0.1) is 5.69 Å². The Morgan fingerprint density at radius 2 is 2.27 bits per heavy atom. The Balaban J connectivity index is 2.28. The van der Waals surface area contributed by atoms with Crippen molar-refractivity contribution in [2.24, 2.45) is 0 Å². The summed E-state index contributed by atoms with van der Waals surface area (Å²) in [5.74, 6) is 0.646. The Morgan fingerprint density at radius 3 is 2.82 bits per heavy atom. The molecule has 0 saturated carbocycles. The number of hydrogen-bond acceptors (Lipinski definition) is 3. The number of rotatable bonds is 1. The first-order valence-electron chi connectivity index (χ1n) is 3.83. The fraction of sp³-hybridized carbons (Fsp3) is 0.375. The van der Waals surface area contributed by atoms with Crippen LogP contribution in [0.2, 0.25) is 0 Å². The maximum Gasteiger partial charge on any atom is 0.146 e. The Bertz CT molecular complexity index is 255. The molecule has 2 N–H and O–H groups in total. The summed E-state index contributed by atoms with van der Waals surface area (Å²) in [6.07, 6.45) is 2.99. The lowest BCUT2D eigenvalue weighted by Crippen LogP contribution is -2.37. The highest BCUT2D eigenvalue weighted by molar-refractivity contribution is 5.63. The molecule has 1 aromatic heterocycles. The highest BCUT2D eigenvalue weighted by Crippen LogP contribution is 2.24. The lowest BCUT2D eigenvalue weighted by atomic mass is 10.2. The highest BCUT2D eigenvalue weighted by Gasteiger charge is 2.16. The normalized spacial score (nSPS) is 16.2. The standard InChI is InChI=1S/C8H11N3/c9-8-7(3-1-4-10-8)11-5-2-6-11/h1,3-4H,2,5-6H2,(H2,9,10). The Kier molecular flexibility index (Phi) is 1.42. The molecule has 2 rings (SSSR count). The van der Waals surface area contributed by atoms with Crippen molar-refractivity contribution in [1.82, 2.24) is 4.98 Å². The topological polar surface area (TPSA) is 42.1 Å². The Hall–Kier alpha value is -1.25. The maximum absolute atomic E-state index is 5.68. The first-order valence-corrected chi connectivity index (χ1v) is 3.83. The summed E-state index contributed by atoms with van der Waals surface area (Å²) in [5.41, 5.74) is 6.76. The molecule has 2 heterocycles. The van der Waals surface area contributed by atoms with Crippen LogP contribution in [0.25, 0.3) is 0 Å². The first kappa shape index (κ1) is 6.46. The zero-order valence-corrected chi connectivity index (χ0v) is 6.33. The van der Waals surface area contributed by atoms with Gasteiger partial charge in [0.15, 0.2) is 0 Å². The molecule has 0 atom stereocenters. The second kappa shape index (κ2) is 2.42. The van der Waals surface area contributed by atoms with Crippen LogP contribution in [0.15, 0.2) is 18.3 Å². The van der Waals surface area contributed by atoms with Crippen molar-refractivity contribution >= 4 is 11.5 Å². The zero-order chi connectivity index (χ0) is 7.68. The van der Waals surface area contributed by atoms with Gasteiger partial charge >= 0.3 is 0 Å². The average molecular weight is 149 g/mol. The number of nitrogens with two attached hydrogens (primary N) is 1. The first-order chi connectivity index (χ1) is 5.38. The van der Waals surface area contributed by atoms with E-state index in [1.807, 2.05) is 12.1 Å². The number of pyridine rings is 1. The Morgan fingerprint density at radius 1 is 1.45 bits per heavy atom. The van der Waals surface area contributed by atoms with E-state index >= 15 is 0 Å². The molecule has 11 heavy (non-hydrogen) atoms. The van der Waals surface area contributed by atoms with E-state index in [1.165, 1.54) is 6.42 Å². The lowest BCUT2D eigenvalue weighted by Gasteiger charge is -2.33. The molecule has 1 saturated heterocycles. The highest BCUT2D eigenvalue weighted by atomic mass is 15.2. The van der Waals surface area contributed by atoms with Crippen molar-refractivity contribution in [2.75, 3.05) is 23.7 Å². The molecule has 1 fully saturated rings. The van der Waals surface area contributed by atoms with Gasteiger partial charge < -0.3 is 10.6 Å². The molecular weight excluding hydrogens is 138 g/mol. The summed E-state index contributed by atoms with van der Waals surface area (Å²) in [7, 11) is 0. The number of anilines is 2. The summed E-state index contributed by atoms with van der Waals surface area (Å²) in [4.78, 5) is 6.26. The van der Waals surface area contributed by atoms with E-state index in [9.17, 15) is 0 Å². The van der Waals surface area contributed by atoms with Gasteiger partial charge in [-0.15, -0.1) is 0 Å². The van der Waals surface area contributed by atoms with Crippen LogP contribution >= 0.6 is 0 Å². The van der Waals surface area contributed by atoms with Gasteiger partial charge in [0, 0.05) is 19.3 Å².